The van der Waals surface area contributed by atoms with Crippen molar-refractivity contribution >= 4 is 23.1 Å². The highest BCUT2D eigenvalue weighted by Crippen LogP contribution is 2.29. The van der Waals surface area contributed by atoms with Gasteiger partial charge in [-0.1, -0.05) is 6.07 Å². The first-order valence-electron chi connectivity index (χ1n) is 9.13. The number of anilines is 3. The van der Waals surface area contributed by atoms with Crippen molar-refractivity contribution in [2.45, 2.75) is 20.8 Å². The highest BCUT2D eigenvalue weighted by Gasteiger charge is 2.14. The maximum Gasteiger partial charge on any atom is 0.274 e. The van der Waals surface area contributed by atoms with E-state index in [1.165, 1.54) is 18.2 Å². The van der Waals surface area contributed by atoms with Crippen molar-refractivity contribution in [3.63, 3.8) is 0 Å². The quantitative estimate of drug-likeness (QED) is 0.646. The van der Waals surface area contributed by atoms with Crippen LogP contribution in [-0.4, -0.2) is 30.1 Å². The lowest BCUT2D eigenvalue weighted by atomic mass is 10.1. The van der Waals surface area contributed by atoms with Crippen LogP contribution in [0.3, 0.4) is 0 Å². The second-order valence-electron chi connectivity index (χ2n) is 6.63. The zero-order valence-electron chi connectivity index (χ0n) is 17.2. The largest absolute Gasteiger partial charge is 0.497 e. The van der Waals surface area contributed by atoms with E-state index in [1.54, 1.807) is 38.3 Å². The molecule has 0 aliphatic heterocycles. The monoisotopic (exact) mass is 392 g/mol. The molecule has 150 valence electrons. The molecule has 1 aromatic heterocycles. The summed E-state index contributed by atoms with van der Waals surface area (Å²) in [5.41, 5.74) is 4.02. The van der Waals surface area contributed by atoms with E-state index < -0.39 is 0 Å². The number of carbonyl (C=O) groups is 1. The van der Waals surface area contributed by atoms with E-state index in [0.29, 0.717) is 28.8 Å². The van der Waals surface area contributed by atoms with Crippen LogP contribution in [0, 0.1) is 20.8 Å². The molecule has 0 saturated carbocycles. The molecule has 29 heavy (non-hydrogen) atoms. The van der Waals surface area contributed by atoms with Crippen LogP contribution in [0.1, 0.15) is 27.4 Å². The second kappa shape index (κ2) is 8.60. The molecule has 0 saturated heterocycles. The Labute approximate surface area is 170 Å². The van der Waals surface area contributed by atoms with Gasteiger partial charge in [-0.2, -0.15) is 0 Å². The molecule has 3 aromatic rings. The normalized spacial score (nSPS) is 10.4. The summed E-state index contributed by atoms with van der Waals surface area (Å²) < 4.78 is 10.5. The van der Waals surface area contributed by atoms with Crippen molar-refractivity contribution in [3.05, 3.63) is 65.1 Å². The molecule has 7 heteroatoms. The van der Waals surface area contributed by atoms with Crippen LogP contribution in [0.4, 0.5) is 17.2 Å². The fourth-order valence-corrected chi connectivity index (χ4v) is 2.81. The van der Waals surface area contributed by atoms with Gasteiger partial charge in [0.2, 0.25) is 0 Å². The zero-order valence-corrected chi connectivity index (χ0v) is 17.2. The van der Waals surface area contributed by atoms with Crippen molar-refractivity contribution in [3.8, 4) is 11.5 Å². The molecule has 3 rings (SSSR count). The van der Waals surface area contributed by atoms with Crippen LogP contribution in [0.5, 0.6) is 11.5 Å². The van der Waals surface area contributed by atoms with Gasteiger partial charge in [0.05, 0.1) is 19.9 Å². The predicted molar refractivity (Wildman–Crippen MR) is 113 cm³/mol. The number of ether oxygens (including phenoxy) is 2. The summed E-state index contributed by atoms with van der Waals surface area (Å²) in [6.07, 6.45) is 0. The Hall–Kier alpha value is -3.61. The Bertz CT molecular complexity index is 1050. The maximum absolute atomic E-state index is 12.8. The van der Waals surface area contributed by atoms with Crippen LogP contribution in [0.15, 0.2) is 42.5 Å². The lowest BCUT2D eigenvalue weighted by Gasteiger charge is -2.13. The smallest absolute Gasteiger partial charge is 0.274 e. The van der Waals surface area contributed by atoms with Crippen molar-refractivity contribution < 1.29 is 14.3 Å². The van der Waals surface area contributed by atoms with Crippen LogP contribution >= 0.6 is 0 Å². The molecule has 0 radical (unpaired) electrons. The molecule has 0 fully saturated rings. The number of benzene rings is 2. The first-order valence-corrected chi connectivity index (χ1v) is 9.13. The first-order chi connectivity index (χ1) is 13.9. The molecular formula is C22H24N4O3. The van der Waals surface area contributed by atoms with E-state index in [2.05, 4.69) is 27.5 Å². The number of methoxy groups -OCH3 is 2. The Morgan fingerprint density at radius 2 is 1.69 bits per heavy atom. The summed E-state index contributed by atoms with van der Waals surface area (Å²) in [5.74, 6) is 1.80. The van der Waals surface area contributed by atoms with Crippen LogP contribution < -0.4 is 20.1 Å². The number of nitrogens with one attached hydrogen (secondary N) is 2. The van der Waals surface area contributed by atoms with Gasteiger partial charge in [0.25, 0.3) is 5.91 Å². The third-order valence-electron chi connectivity index (χ3n) is 4.50. The molecule has 0 aliphatic carbocycles. The summed E-state index contributed by atoms with van der Waals surface area (Å²) in [5, 5.41) is 6.06. The number of aromatic nitrogens is 2. The lowest BCUT2D eigenvalue weighted by Crippen LogP contribution is -2.16. The number of aryl methyl sites for hydroxylation is 3. The summed E-state index contributed by atoms with van der Waals surface area (Å²) in [4.78, 5) is 21.5. The predicted octanol–water partition coefficient (Wildman–Crippen LogP) is 4.41. The second-order valence-corrected chi connectivity index (χ2v) is 6.63. The van der Waals surface area contributed by atoms with Gasteiger partial charge in [-0.15, -0.1) is 0 Å². The fourth-order valence-electron chi connectivity index (χ4n) is 2.81. The van der Waals surface area contributed by atoms with E-state index in [0.717, 1.165) is 5.69 Å². The van der Waals surface area contributed by atoms with Crippen molar-refractivity contribution in [1.29, 1.82) is 0 Å². The third kappa shape index (κ3) is 4.82. The average molecular weight is 392 g/mol. The number of hydrogen-bond acceptors (Lipinski definition) is 6. The molecule has 1 amide bonds. The van der Waals surface area contributed by atoms with E-state index in [-0.39, 0.29) is 11.6 Å². The Balaban J connectivity index is 1.85. The first kappa shape index (κ1) is 20.1. The molecule has 1 heterocycles. The minimum Gasteiger partial charge on any atom is -0.497 e. The summed E-state index contributed by atoms with van der Waals surface area (Å²) >= 11 is 0. The average Bonchev–Trinajstić information content (AvgIpc) is 2.70. The summed E-state index contributed by atoms with van der Waals surface area (Å²) in [6.45, 7) is 5.85. The molecule has 2 N–H and O–H groups in total. The minimum absolute atomic E-state index is 0.244. The van der Waals surface area contributed by atoms with Gasteiger partial charge < -0.3 is 20.1 Å². The standard InChI is InChI=1S/C22H24N4O3/c1-13-6-7-16(10-14(13)2)25-21-12-19(23-15(3)24-21)22(27)26-18-11-17(28-4)8-9-20(18)29-5/h6-12H,1-5H3,(H,26,27)(H,23,24,25). The topological polar surface area (TPSA) is 85.4 Å². The molecule has 2 aromatic carbocycles. The number of amides is 1. The zero-order chi connectivity index (χ0) is 21.0. The minimum atomic E-state index is -0.370. The maximum atomic E-state index is 12.8. The Morgan fingerprint density at radius 3 is 2.38 bits per heavy atom. The van der Waals surface area contributed by atoms with E-state index in [4.69, 9.17) is 9.47 Å². The lowest BCUT2D eigenvalue weighted by molar-refractivity contribution is 0.102. The highest BCUT2D eigenvalue weighted by molar-refractivity contribution is 6.04. The fraction of sp³-hybridized carbons (Fsp3) is 0.227. The number of nitrogens with zero attached hydrogens (tertiary/aromatic N) is 2. The SMILES string of the molecule is COc1ccc(OC)c(NC(=O)c2cc(Nc3ccc(C)c(C)c3)nc(C)n2)c1. The molecule has 0 bridgehead atoms. The van der Waals surface area contributed by atoms with Gasteiger partial charge in [-0.25, -0.2) is 9.97 Å². The summed E-state index contributed by atoms with van der Waals surface area (Å²) in [6, 6.07) is 12.8. The molecule has 0 unspecified atom stereocenters. The van der Waals surface area contributed by atoms with Gasteiger partial charge in [-0.3, -0.25) is 4.79 Å². The third-order valence-corrected chi connectivity index (χ3v) is 4.50. The van der Waals surface area contributed by atoms with Crippen LogP contribution in [-0.2, 0) is 0 Å². The van der Waals surface area contributed by atoms with Crippen molar-refractivity contribution in [2.75, 3.05) is 24.9 Å². The number of carbonyl (C=O) groups excluding carboxylic acids is 1. The van der Waals surface area contributed by atoms with Gasteiger partial charge in [0, 0.05) is 17.8 Å². The Kier molecular flexibility index (Phi) is 5.97. The van der Waals surface area contributed by atoms with Crippen LogP contribution in [0.2, 0.25) is 0 Å². The molecule has 0 aliphatic rings. The van der Waals surface area contributed by atoms with E-state index >= 15 is 0 Å². The van der Waals surface area contributed by atoms with Crippen molar-refractivity contribution in [1.82, 2.24) is 9.97 Å². The van der Waals surface area contributed by atoms with E-state index in [1.807, 2.05) is 25.1 Å². The van der Waals surface area contributed by atoms with Gasteiger partial charge in [-0.05, 0) is 56.2 Å². The number of rotatable bonds is 6. The Morgan fingerprint density at radius 1 is 0.897 bits per heavy atom. The van der Waals surface area contributed by atoms with Gasteiger partial charge in [0.1, 0.15) is 28.8 Å². The van der Waals surface area contributed by atoms with E-state index in [9.17, 15) is 4.79 Å². The van der Waals surface area contributed by atoms with Gasteiger partial charge >= 0.3 is 0 Å². The molecule has 0 atom stereocenters. The van der Waals surface area contributed by atoms with Crippen molar-refractivity contribution in [2.24, 2.45) is 0 Å². The van der Waals surface area contributed by atoms with Gasteiger partial charge in [0.15, 0.2) is 0 Å². The van der Waals surface area contributed by atoms with Crippen LogP contribution in [0.25, 0.3) is 0 Å². The summed E-state index contributed by atoms with van der Waals surface area (Å²) in [7, 11) is 3.10. The number of hydrogen-bond donors (Lipinski definition) is 2. The molecule has 7 nitrogen and oxygen atoms in total. The molecule has 0 spiro atoms. The molecular weight excluding hydrogens is 368 g/mol. The highest BCUT2D eigenvalue weighted by atomic mass is 16.5.